The van der Waals surface area contributed by atoms with Crippen molar-refractivity contribution < 1.29 is 9.21 Å². The molecule has 4 rings (SSSR count). The maximum Gasteiger partial charge on any atom is 0.273 e. The summed E-state index contributed by atoms with van der Waals surface area (Å²) in [6.45, 7) is 1.44. The van der Waals surface area contributed by atoms with Gasteiger partial charge in [0.1, 0.15) is 5.69 Å². The molecule has 1 saturated heterocycles. The second kappa shape index (κ2) is 6.00. The summed E-state index contributed by atoms with van der Waals surface area (Å²) < 4.78 is 7.27. The highest BCUT2D eigenvalue weighted by molar-refractivity contribution is 7.13. The molecule has 0 spiro atoms. The zero-order valence-corrected chi connectivity index (χ0v) is 13.3. The van der Waals surface area contributed by atoms with Crippen molar-refractivity contribution in [2.24, 2.45) is 0 Å². The van der Waals surface area contributed by atoms with Crippen LogP contribution in [0.4, 0.5) is 0 Å². The lowest BCUT2D eigenvalue weighted by Crippen LogP contribution is -2.41. The molecule has 1 aliphatic heterocycles. The number of rotatable bonds is 3. The van der Waals surface area contributed by atoms with Crippen molar-refractivity contribution in [1.82, 2.24) is 19.7 Å². The SMILES string of the molecule is O=C(c1csc(-c2ccco2)n1)N1CCC[C@H](n2cccn2)C1. The molecule has 0 bridgehead atoms. The summed E-state index contributed by atoms with van der Waals surface area (Å²) in [5.41, 5.74) is 0.488. The Morgan fingerprint density at radius 3 is 3.13 bits per heavy atom. The van der Waals surface area contributed by atoms with Crippen molar-refractivity contribution in [3.05, 3.63) is 47.9 Å². The van der Waals surface area contributed by atoms with Crippen LogP contribution in [0.1, 0.15) is 29.4 Å². The number of furan rings is 1. The third-order valence-corrected chi connectivity index (χ3v) is 4.89. The van der Waals surface area contributed by atoms with Crippen LogP contribution in [0.5, 0.6) is 0 Å². The summed E-state index contributed by atoms with van der Waals surface area (Å²) >= 11 is 1.43. The first-order chi connectivity index (χ1) is 11.3. The predicted octanol–water partition coefficient (Wildman–Crippen LogP) is 3.08. The number of thiazole rings is 1. The molecule has 0 aromatic carbocycles. The zero-order chi connectivity index (χ0) is 15.6. The summed E-state index contributed by atoms with van der Waals surface area (Å²) in [6.07, 6.45) is 7.36. The number of amides is 1. The highest BCUT2D eigenvalue weighted by Gasteiger charge is 2.27. The van der Waals surface area contributed by atoms with Crippen molar-refractivity contribution in [1.29, 1.82) is 0 Å². The minimum absolute atomic E-state index is 0.0177. The number of piperidine rings is 1. The van der Waals surface area contributed by atoms with Crippen molar-refractivity contribution in [3.63, 3.8) is 0 Å². The molecule has 23 heavy (non-hydrogen) atoms. The third kappa shape index (κ3) is 2.79. The van der Waals surface area contributed by atoms with Gasteiger partial charge in [0.25, 0.3) is 5.91 Å². The van der Waals surface area contributed by atoms with Crippen LogP contribution in [0, 0.1) is 0 Å². The van der Waals surface area contributed by atoms with E-state index < -0.39 is 0 Å². The fourth-order valence-corrected chi connectivity index (χ4v) is 3.66. The smallest absolute Gasteiger partial charge is 0.273 e. The van der Waals surface area contributed by atoms with Crippen molar-refractivity contribution in [2.75, 3.05) is 13.1 Å². The van der Waals surface area contributed by atoms with Crippen LogP contribution in [0.15, 0.2) is 46.7 Å². The standard InChI is InChI=1S/C16H16N4O2S/c21-16(13-11-23-15(18-13)14-5-2-9-22-14)19-7-1-4-12(10-19)20-8-3-6-17-20/h2-3,5-6,8-9,11-12H,1,4,7,10H2/t12-/m0/s1. The molecule has 6 nitrogen and oxygen atoms in total. The molecule has 0 saturated carbocycles. The molecule has 3 aromatic heterocycles. The van der Waals surface area contributed by atoms with E-state index in [0.29, 0.717) is 18.0 Å². The molecule has 118 valence electrons. The summed E-state index contributed by atoms with van der Waals surface area (Å²) in [7, 11) is 0. The Morgan fingerprint density at radius 2 is 2.35 bits per heavy atom. The molecular weight excluding hydrogens is 312 g/mol. The number of carbonyl (C=O) groups excluding carboxylic acids is 1. The maximum absolute atomic E-state index is 12.7. The lowest BCUT2D eigenvalue weighted by Gasteiger charge is -2.32. The van der Waals surface area contributed by atoms with Gasteiger partial charge in [-0.15, -0.1) is 11.3 Å². The molecule has 1 amide bonds. The molecule has 1 fully saturated rings. The van der Waals surface area contributed by atoms with Gasteiger partial charge in [0.05, 0.1) is 12.3 Å². The fourth-order valence-electron chi connectivity index (χ4n) is 2.90. The minimum Gasteiger partial charge on any atom is -0.462 e. The topological polar surface area (TPSA) is 64.2 Å². The fraction of sp³-hybridized carbons (Fsp3) is 0.312. The monoisotopic (exact) mass is 328 g/mol. The first kappa shape index (κ1) is 14.2. The number of likely N-dealkylation sites (tertiary alicyclic amines) is 1. The minimum atomic E-state index is -0.0177. The third-order valence-electron chi connectivity index (χ3n) is 4.04. The molecular formula is C16H16N4O2S. The van der Waals surface area contributed by atoms with Gasteiger partial charge in [-0.1, -0.05) is 0 Å². The Bertz CT molecular complexity index is 779. The van der Waals surface area contributed by atoms with E-state index in [1.807, 2.05) is 34.0 Å². The molecule has 0 unspecified atom stereocenters. The molecule has 4 heterocycles. The van der Waals surface area contributed by atoms with Gasteiger partial charge in [-0.2, -0.15) is 5.10 Å². The largest absolute Gasteiger partial charge is 0.462 e. The number of nitrogens with zero attached hydrogens (tertiary/aromatic N) is 4. The van der Waals surface area contributed by atoms with Gasteiger partial charge in [-0.3, -0.25) is 9.48 Å². The molecule has 0 N–H and O–H groups in total. The molecule has 3 aromatic rings. The lowest BCUT2D eigenvalue weighted by atomic mass is 10.1. The Labute approximate surface area is 137 Å². The predicted molar refractivity (Wildman–Crippen MR) is 86.2 cm³/mol. The average Bonchev–Trinajstić information content (AvgIpc) is 3.36. The molecule has 1 atom stereocenters. The highest BCUT2D eigenvalue weighted by Crippen LogP contribution is 2.26. The highest BCUT2D eigenvalue weighted by atomic mass is 32.1. The Balaban J connectivity index is 1.50. The van der Waals surface area contributed by atoms with Crippen molar-refractivity contribution in [2.45, 2.75) is 18.9 Å². The van der Waals surface area contributed by atoms with E-state index in [2.05, 4.69) is 10.1 Å². The van der Waals surface area contributed by atoms with Gasteiger partial charge in [0.15, 0.2) is 10.8 Å². The van der Waals surface area contributed by atoms with Crippen LogP contribution in [-0.4, -0.2) is 38.7 Å². The maximum atomic E-state index is 12.7. The van der Waals surface area contributed by atoms with Crippen LogP contribution in [0.2, 0.25) is 0 Å². The van der Waals surface area contributed by atoms with E-state index in [0.717, 1.165) is 24.4 Å². The van der Waals surface area contributed by atoms with Gasteiger partial charge >= 0.3 is 0 Å². The second-order valence-corrected chi connectivity index (χ2v) is 6.41. The van der Waals surface area contributed by atoms with Gasteiger partial charge in [0, 0.05) is 30.9 Å². The van der Waals surface area contributed by atoms with Crippen LogP contribution in [0.25, 0.3) is 10.8 Å². The first-order valence-corrected chi connectivity index (χ1v) is 8.47. The zero-order valence-electron chi connectivity index (χ0n) is 12.5. The summed E-state index contributed by atoms with van der Waals surface area (Å²) in [4.78, 5) is 19.0. The lowest BCUT2D eigenvalue weighted by molar-refractivity contribution is 0.0668. The summed E-state index contributed by atoms with van der Waals surface area (Å²) in [6, 6.07) is 5.82. The first-order valence-electron chi connectivity index (χ1n) is 7.59. The average molecular weight is 328 g/mol. The van der Waals surface area contributed by atoms with Gasteiger partial charge in [0.2, 0.25) is 0 Å². The van der Waals surface area contributed by atoms with Crippen molar-refractivity contribution >= 4 is 17.2 Å². The van der Waals surface area contributed by atoms with Gasteiger partial charge in [-0.05, 0) is 31.0 Å². The number of hydrogen-bond donors (Lipinski definition) is 0. The molecule has 7 heteroatoms. The van der Waals surface area contributed by atoms with Crippen LogP contribution in [0.3, 0.4) is 0 Å². The van der Waals surface area contributed by atoms with E-state index >= 15 is 0 Å². The van der Waals surface area contributed by atoms with E-state index in [-0.39, 0.29) is 11.9 Å². The van der Waals surface area contributed by atoms with E-state index in [9.17, 15) is 4.79 Å². The second-order valence-electron chi connectivity index (χ2n) is 5.55. The van der Waals surface area contributed by atoms with Gasteiger partial charge < -0.3 is 9.32 Å². The quantitative estimate of drug-likeness (QED) is 0.741. The van der Waals surface area contributed by atoms with Crippen LogP contribution in [-0.2, 0) is 0 Å². The van der Waals surface area contributed by atoms with Crippen molar-refractivity contribution in [3.8, 4) is 10.8 Å². The molecule has 1 aliphatic rings. The summed E-state index contributed by atoms with van der Waals surface area (Å²) in [5.74, 6) is 0.679. The number of carbonyl (C=O) groups is 1. The van der Waals surface area contributed by atoms with E-state index in [4.69, 9.17) is 4.42 Å². The van der Waals surface area contributed by atoms with Crippen LogP contribution < -0.4 is 0 Å². The molecule has 0 aliphatic carbocycles. The Morgan fingerprint density at radius 1 is 1.39 bits per heavy atom. The van der Waals surface area contributed by atoms with E-state index in [1.54, 1.807) is 17.8 Å². The Kier molecular flexibility index (Phi) is 3.70. The van der Waals surface area contributed by atoms with E-state index in [1.165, 1.54) is 11.3 Å². The summed E-state index contributed by atoms with van der Waals surface area (Å²) in [5, 5.41) is 6.84. The van der Waals surface area contributed by atoms with Gasteiger partial charge in [-0.25, -0.2) is 4.98 Å². The normalized spacial score (nSPS) is 18.3. The number of aromatic nitrogens is 3. The Hall–Kier alpha value is -2.41. The molecule has 0 radical (unpaired) electrons. The van der Waals surface area contributed by atoms with Crippen LogP contribution >= 0.6 is 11.3 Å². The number of hydrogen-bond acceptors (Lipinski definition) is 5.